The zero-order chi connectivity index (χ0) is 11.8. The van der Waals surface area contributed by atoms with Gasteiger partial charge in [0.2, 0.25) is 0 Å². The summed E-state index contributed by atoms with van der Waals surface area (Å²) in [4.78, 5) is 0. The molecule has 0 bridgehead atoms. The highest BCUT2D eigenvalue weighted by molar-refractivity contribution is 5.49. The molecule has 1 aliphatic rings. The molecule has 0 amide bonds. The Labute approximate surface area is 96.9 Å². The van der Waals surface area contributed by atoms with E-state index in [1.54, 1.807) is 7.11 Å². The Morgan fingerprint density at radius 1 is 1.50 bits per heavy atom. The molecule has 0 spiro atoms. The number of rotatable bonds is 2. The molecule has 16 heavy (non-hydrogen) atoms. The predicted molar refractivity (Wildman–Crippen MR) is 65.3 cm³/mol. The van der Waals surface area contributed by atoms with Gasteiger partial charge in [0.05, 0.1) is 7.11 Å². The molecule has 1 atom stereocenters. The van der Waals surface area contributed by atoms with E-state index in [0.717, 1.165) is 29.9 Å². The lowest BCUT2D eigenvalue weighted by Gasteiger charge is -2.34. The molecule has 0 saturated carbocycles. The molecule has 2 heteroatoms. The Morgan fingerprint density at radius 3 is 2.88 bits per heavy atom. The van der Waals surface area contributed by atoms with Crippen LogP contribution in [0, 0.1) is 6.92 Å². The first-order valence-electron chi connectivity index (χ1n) is 5.58. The number of methoxy groups -OCH3 is 1. The summed E-state index contributed by atoms with van der Waals surface area (Å²) in [5, 5.41) is 0. The van der Waals surface area contributed by atoms with Crippen LogP contribution < -0.4 is 9.47 Å². The minimum absolute atomic E-state index is 0.244. The second kappa shape index (κ2) is 3.85. The number of aryl methyl sites for hydroxylation is 1. The van der Waals surface area contributed by atoms with Gasteiger partial charge in [-0.2, -0.15) is 0 Å². The van der Waals surface area contributed by atoms with Crippen LogP contribution in [0.5, 0.6) is 11.5 Å². The van der Waals surface area contributed by atoms with Gasteiger partial charge < -0.3 is 9.47 Å². The number of benzene rings is 1. The lowest BCUT2D eigenvalue weighted by Crippen LogP contribution is -2.33. The molecule has 0 radical (unpaired) electrons. The third-order valence-electron chi connectivity index (χ3n) is 3.18. The molecule has 2 nitrogen and oxygen atoms in total. The lowest BCUT2D eigenvalue weighted by molar-refractivity contribution is 0.113. The average molecular weight is 218 g/mol. The maximum atomic E-state index is 5.99. The van der Waals surface area contributed by atoms with Gasteiger partial charge in [-0.15, -0.1) is 0 Å². The summed E-state index contributed by atoms with van der Waals surface area (Å²) in [6.07, 6.45) is 3.80. The quantitative estimate of drug-likeness (QED) is 0.709. The van der Waals surface area contributed by atoms with E-state index in [9.17, 15) is 0 Å². The molecule has 0 N–H and O–H groups in total. The summed E-state index contributed by atoms with van der Waals surface area (Å²) in [5.41, 5.74) is 2.09. The summed E-state index contributed by atoms with van der Waals surface area (Å²) < 4.78 is 11.4. The molecular weight excluding hydrogens is 200 g/mol. The zero-order valence-electron chi connectivity index (χ0n) is 10.2. The minimum atomic E-state index is -0.244. The number of fused-ring (bicyclic) bond motifs is 1. The predicted octanol–water partition coefficient (Wildman–Crippen LogP) is 3.27. The van der Waals surface area contributed by atoms with E-state index in [0.29, 0.717) is 0 Å². The van der Waals surface area contributed by atoms with Crippen LogP contribution in [0.15, 0.2) is 24.8 Å². The minimum Gasteiger partial charge on any atom is -0.496 e. The van der Waals surface area contributed by atoms with Crippen LogP contribution in [0.1, 0.15) is 24.5 Å². The van der Waals surface area contributed by atoms with Crippen molar-refractivity contribution in [1.29, 1.82) is 0 Å². The monoisotopic (exact) mass is 218 g/mol. The normalized spacial score (nSPS) is 23.2. The molecule has 0 fully saturated rings. The largest absolute Gasteiger partial charge is 0.496 e. The van der Waals surface area contributed by atoms with Crippen molar-refractivity contribution in [3.05, 3.63) is 35.9 Å². The van der Waals surface area contributed by atoms with E-state index in [-0.39, 0.29) is 5.60 Å². The first-order chi connectivity index (χ1) is 7.58. The molecular formula is C14H18O2. The van der Waals surface area contributed by atoms with Crippen LogP contribution in [-0.2, 0) is 6.42 Å². The van der Waals surface area contributed by atoms with Gasteiger partial charge in [0.25, 0.3) is 0 Å². The Bertz CT molecular complexity index is 423. The van der Waals surface area contributed by atoms with Crippen molar-refractivity contribution in [3.63, 3.8) is 0 Å². The zero-order valence-corrected chi connectivity index (χ0v) is 10.2. The highest BCUT2D eigenvalue weighted by Crippen LogP contribution is 2.39. The van der Waals surface area contributed by atoms with Crippen LogP contribution in [0.4, 0.5) is 0 Å². The van der Waals surface area contributed by atoms with Crippen molar-refractivity contribution in [3.8, 4) is 11.5 Å². The molecule has 1 aromatic rings. The fraction of sp³-hybridized carbons (Fsp3) is 0.429. The van der Waals surface area contributed by atoms with Gasteiger partial charge in [0.1, 0.15) is 17.1 Å². The summed E-state index contributed by atoms with van der Waals surface area (Å²) in [5.74, 6) is 1.87. The smallest absolute Gasteiger partial charge is 0.127 e. The fourth-order valence-corrected chi connectivity index (χ4v) is 2.09. The van der Waals surface area contributed by atoms with Crippen molar-refractivity contribution in [2.75, 3.05) is 7.11 Å². The Morgan fingerprint density at radius 2 is 2.25 bits per heavy atom. The summed E-state index contributed by atoms with van der Waals surface area (Å²) in [7, 11) is 1.70. The van der Waals surface area contributed by atoms with Crippen molar-refractivity contribution in [2.45, 2.75) is 32.3 Å². The summed E-state index contributed by atoms with van der Waals surface area (Å²) in [6, 6.07) is 4.12. The molecule has 2 rings (SSSR count). The van der Waals surface area contributed by atoms with Crippen molar-refractivity contribution >= 4 is 0 Å². The maximum absolute atomic E-state index is 5.99. The average Bonchev–Trinajstić information content (AvgIpc) is 2.27. The van der Waals surface area contributed by atoms with Gasteiger partial charge in [-0.1, -0.05) is 6.58 Å². The van der Waals surface area contributed by atoms with Crippen LogP contribution in [0.25, 0.3) is 0 Å². The molecule has 0 aromatic heterocycles. The van der Waals surface area contributed by atoms with E-state index in [4.69, 9.17) is 9.47 Å². The van der Waals surface area contributed by atoms with Gasteiger partial charge >= 0.3 is 0 Å². The molecule has 0 aliphatic carbocycles. The maximum Gasteiger partial charge on any atom is 0.127 e. The SMILES string of the molecule is C=C[C@@]1(C)CCc2c(OC)cc(C)cc2O1. The van der Waals surface area contributed by atoms with Crippen molar-refractivity contribution in [2.24, 2.45) is 0 Å². The number of ether oxygens (including phenoxy) is 2. The molecule has 1 heterocycles. The Kier molecular flexibility index (Phi) is 2.66. The molecule has 86 valence electrons. The van der Waals surface area contributed by atoms with Crippen LogP contribution >= 0.6 is 0 Å². The number of hydrogen-bond donors (Lipinski definition) is 0. The van der Waals surface area contributed by atoms with Crippen LogP contribution in [-0.4, -0.2) is 12.7 Å². The van der Waals surface area contributed by atoms with Gasteiger partial charge in [0, 0.05) is 5.56 Å². The van der Waals surface area contributed by atoms with Gasteiger partial charge in [-0.05, 0) is 50.5 Å². The van der Waals surface area contributed by atoms with E-state index in [1.807, 2.05) is 13.0 Å². The summed E-state index contributed by atoms with van der Waals surface area (Å²) in [6.45, 7) is 7.95. The first-order valence-corrected chi connectivity index (χ1v) is 5.58. The van der Waals surface area contributed by atoms with Crippen molar-refractivity contribution in [1.82, 2.24) is 0 Å². The second-order valence-electron chi connectivity index (χ2n) is 4.56. The van der Waals surface area contributed by atoms with Crippen LogP contribution in [0.3, 0.4) is 0 Å². The van der Waals surface area contributed by atoms with E-state index in [2.05, 4.69) is 25.6 Å². The molecule has 1 aromatic carbocycles. The van der Waals surface area contributed by atoms with Crippen molar-refractivity contribution < 1.29 is 9.47 Å². The topological polar surface area (TPSA) is 18.5 Å². The Balaban J connectivity index is 2.46. The molecule has 1 aliphatic heterocycles. The third kappa shape index (κ3) is 1.80. The van der Waals surface area contributed by atoms with Crippen LogP contribution in [0.2, 0.25) is 0 Å². The first kappa shape index (κ1) is 11.1. The standard InChI is InChI=1S/C14H18O2/c1-5-14(3)7-6-11-12(15-4)8-10(2)9-13(11)16-14/h5,8-9H,1,6-7H2,2-4H3/t14-/m0/s1. The van der Waals surface area contributed by atoms with Gasteiger partial charge in [-0.25, -0.2) is 0 Å². The third-order valence-corrected chi connectivity index (χ3v) is 3.18. The molecule has 0 unspecified atom stereocenters. The Hall–Kier alpha value is -1.44. The highest BCUT2D eigenvalue weighted by atomic mass is 16.5. The lowest BCUT2D eigenvalue weighted by atomic mass is 9.91. The van der Waals surface area contributed by atoms with Gasteiger partial charge in [0.15, 0.2) is 0 Å². The van der Waals surface area contributed by atoms with E-state index >= 15 is 0 Å². The van der Waals surface area contributed by atoms with E-state index in [1.165, 1.54) is 5.56 Å². The second-order valence-corrected chi connectivity index (χ2v) is 4.56. The number of hydrogen-bond acceptors (Lipinski definition) is 2. The fourth-order valence-electron chi connectivity index (χ4n) is 2.09. The summed E-state index contributed by atoms with van der Waals surface area (Å²) >= 11 is 0. The van der Waals surface area contributed by atoms with E-state index < -0.39 is 0 Å². The van der Waals surface area contributed by atoms with Gasteiger partial charge in [-0.3, -0.25) is 0 Å². The molecule has 0 saturated heterocycles. The highest BCUT2D eigenvalue weighted by Gasteiger charge is 2.30.